The van der Waals surface area contributed by atoms with Crippen molar-refractivity contribution >= 4 is 50.5 Å². The van der Waals surface area contributed by atoms with Crippen LogP contribution in [0.2, 0.25) is 10.0 Å². The summed E-state index contributed by atoms with van der Waals surface area (Å²) in [6.45, 7) is 0. The van der Waals surface area contributed by atoms with E-state index in [2.05, 4.69) is 4.72 Å². The summed E-state index contributed by atoms with van der Waals surface area (Å²) >= 11 is 17.3. The average Bonchev–Trinajstić information content (AvgIpc) is 2.44. The van der Waals surface area contributed by atoms with Gasteiger partial charge in [-0.25, -0.2) is 8.42 Å². The van der Waals surface area contributed by atoms with Crippen LogP contribution in [0.5, 0.6) is 0 Å². The van der Waals surface area contributed by atoms with Crippen LogP contribution in [0.3, 0.4) is 0 Å². The fraction of sp³-hybridized carbons (Fsp3) is 0.143. The van der Waals surface area contributed by atoms with Gasteiger partial charge in [0.2, 0.25) is 0 Å². The third kappa shape index (κ3) is 4.27. The fourth-order valence-electron chi connectivity index (χ4n) is 1.71. The second-order valence-corrected chi connectivity index (χ2v) is 7.19. The SMILES string of the molecule is O=S(=O)(Nc1ccc(CCCl)cc1)c1ccc(Cl)c(Cl)c1. The zero-order valence-corrected chi connectivity index (χ0v) is 13.9. The third-order valence-electron chi connectivity index (χ3n) is 2.79. The van der Waals surface area contributed by atoms with Crippen LogP contribution in [0.25, 0.3) is 0 Å². The summed E-state index contributed by atoms with van der Waals surface area (Å²) in [5, 5.41) is 0.498. The number of sulfonamides is 1. The molecular formula is C14H12Cl3NO2S. The van der Waals surface area contributed by atoms with Gasteiger partial charge in [-0.3, -0.25) is 4.72 Å². The number of alkyl halides is 1. The Morgan fingerprint density at radius 3 is 2.19 bits per heavy atom. The van der Waals surface area contributed by atoms with Crippen molar-refractivity contribution in [1.29, 1.82) is 0 Å². The van der Waals surface area contributed by atoms with Gasteiger partial charge in [0.05, 0.1) is 14.9 Å². The molecule has 0 radical (unpaired) electrons. The van der Waals surface area contributed by atoms with Crippen LogP contribution in [0.4, 0.5) is 5.69 Å². The normalized spacial score (nSPS) is 11.4. The molecular weight excluding hydrogens is 353 g/mol. The van der Waals surface area contributed by atoms with E-state index in [-0.39, 0.29) is 9.92 Å². The first-order valence-corrected chi connectivity index (χ1v) is 8.82. The highest BCUT2D eigenvalue weighted by Gasteiger charge is 2.15. The lowest BCUT2D eigenvalue weighted by Crippen LogP contribution is -2.12. The Hall–Kier alpha value is -0.940. The van der Waals surface area contributed by atoms with Crippen molar-refractivity contribution in [2.75, 3.05) is 10.6 Å². The summed E-state index contributed by atoms with van der Waals surface area (Å²) in [6.07, 6.45) is 0.737. The smallest absolute Gasteiger partial charge is 0.261 e. The van der Waals surface area contributed by atoms with Crippen LogP contribution < -0.4 is 4.72 Å². The molecule has 0 bridgehead atoms. The molecule has 0 saturated heterocycles. The van der Waals surface area contributed by atoms with Gasteiger partial charge < -0.3 is 0 Å². The molecule has 1 N–H and O–H groups in total. The average molecular weight is 365 g/mol. The quantitative estimate of drug-likeness (QED) is 0.790. The van der Waals surface area contributed by atoms with Gasteiger partial charge in [0.15, 0.2) is 0 Å². The minimum atomic E-state index is -3.70. The minimum absolute atomic E-state index is 0.0572. The number of hydrogen-bond acceptors (Lipinski definition) is 2. The molecule has 112 valence electrons. The largest absolute Gasteiger partial charge is 0.280 e. The van der Waals surface area contributed by atoms with Gasteiger partial charge in [-0.1, -0.05) is 35.3 Å². The molecule has 0 aliphatic rings. The molecule has 0 aromatic heterocycles. The fourth-order valence-corrected chi connectivity index (χ4v) is 3.37. The van der Waals surface area contributed by atoms with Crippen molar-refractivity contribution < 1.29 is 8.42 Å². The molecule has 0 atom stereocenters. The lowest BCUT2D eigenvalue weighted by molar-refractivity contribution is 0.601. The highest BCUT2D eigenvalue weighted by Crippen LogP contribution is 2.26. The summed E-state index contributed by atoms with van der Waals surface area (Å²) in [6, 6.07) is 11.2. The molecule has 3 nitrogen and oxygen atoms in total. The van der Waals surface area contributed by atoms with E-state index >= 15 is 0 Å². The van der Waals surface area contributed by atoms with Gasteiger partial charge in [-0.2, -0.15) is 0 Å². The predicted octanol–water partition coefficient (Wildman–Crippen LogP) is 4.58. The van der Waals surface area contributed by atoms with Crippen LogP contribution in [0.1, 0.15) is 5.56 Å². The molecule has 0 fully saturated rings. The Kier molecular flexibility index (Phi) is 5.38. The van der Waals surface area contributed by atoms with E-state index in [0.717, 1.165) is 12.0 Å². The van der Waals surface area contributed by atoms with Crippen LogP contribution in [0, 0.1) is 0 Å². The van der Waals surface area contributed by atoms with E-state index in [1.807, 2.05) is 12.1 Å². The molecule has 0 amide bonds. The first kappa shape index (κ1) is 16.4. The highest BCUT2D eigenvalue weighted by atomic mass is 35.5. The number of anilines is 1. The first-order valence-electron chi connectivity index (χ1n) is 6.05. The molecule has 0 spiro atoms. The van der Waals surface area contributed by atoms with Crippen LogP contribution in [0.15, 0.2) is 47.4 Å². The second-order valence-electron chi connectivity index (χ2n) is 4.32. The molecule has 0 heterocycles. The van der Waals surface area contributed by atoms with Crippen molar-refractivity contribution in [2.24, 2.45) is 0 Å². The van der Waals surface area contributed by atoms with Gasteiger partial charge in [0.25, 0.3) is 10.0 Å². The lowest BCUT2D eigenvalue weighted by atomic mass is 10.2. The van der Waals surface area contributed by atoms with Crippen LogP contribution >= 0.6 is 34.8 Å². The summed E-state index contributed by atoms with van der Waals surface area (Å²) in [4.78, 5) is 0.0572. The third-order valence-corrected chi connectivity index (χ3v) is 5.10. The van der Waals surface area contributed by atoms with Crippen molar-refractivity contribution in [1.82, 2.24) is 0 Å². The minimum Gasteiger partial charge on any atom is -0.280 e. The summed E-state index contributed by atoms with van der Waals surface area (Å²) in [5.74, 6) is 0.522. The number of nitrogens with one attached hydrogen (secondary N) is 1. The molecule has 0 aliphatic heterocycles. The van der Waals surface area contributed by atoms with E-state index in [0.29, 0.717) is 16.6 Å². The van der Waals surface area contributed by atoms with Gasteiger partial charge in [0.1, 0.15) is 0 Å². The van der Waals surface area contributed by atoms with Gasteiger partial charge in [-0.15, -0.1) is 11.6 Å². The highest BCUT2D eigenvalue weighted by molar-refractivity contribution is 7.92. The number of halogens is 3. The molecule has 2 aromatic carbocycles. The van der Waals surface area contributed by atoms with Crippen molar-refractivity contribution in [3.05, 3.63) is 58.1 Å². The van der Waals surface area contributed by atoms with Gasteiger partial charge in [0, 0.05) is 11.6 Å². The molecule has 2 aromatic rings. The number of aryl methyl sites for hydroxylation is 1. The Balaban J connectivity index is 2.22. The zero-order valence-electron chi connectivity index (χ0n) is 10.8. The van der Waals surface area contributed by atoms with Crippen molar-refractivity contribution in [3.8, 4) is 0 Å². The molecule has 2 rings (SSSR count). The predicted molar refractivity (Wildman–Crippen MR) is 88.1 cm³/mol. The number of benzene rings is 2. The Morgan fingerprint density at radius 2 is 1.62 bits per heavy atom. The van der Waals surface area contributed by atoms with Crippen LogP contribution in [-0.4, -0.2) is 14.3 Å². The topological polar surface area (TPSA) is 46.2 Å². The van der Waals surface area contributed by atoms with E-state index in [4.69, 9.17) is 34.8 Å². The molecule has 7 heteroatoms. The Labute approximate surface area is 138 Å². The Morgan fingerprint density at radius 1 is 0.952 bits per heavy atom. The maximum atomic E-state index is 12.2. The summed E-state index contributed by atoms with van der Waals surface area (Å²) in [7, 11) is -3.70. The monoisotopic (exact) mass is 363 g/mol. The number of hydrogen-bond donors (Lipinski definition) is 1. The standard InChI is InChI=1S/C14H12Cl3NO2S/c15-8-7-10-1-3-11(4-2-10)18-21(19,20)12-5-6-13(16)14(17)9-12/h1-6,9,18H,7-8H2. The van der Waals surface area contributed by atoms with Crippen LogP contribution in [-0.2, 0) is 16.4 Å². The second kappa shape index (κ2) is 6.88. The molecule has 0 saturated carbocycles. The summed E-state index contributed by atoms with van der Waals surface area (Å²) in [5.41, 5.74) is 1.52. The first-order chi connectivity index (χ1) is 9.92. The maximum Gasteiger partial charge on any atom is 0.261 e. The molecule has 0 unspecified atom stereocenters. The summed E-state index contributed by atoms with van der Waals surface area (Å²) < 4.78 is 27.0. The maximum absolute atomic E-state index is 12.2. The number of rotatable bonds is 5. The van der Waals surface area contributed by atoms with E-state index < -0.39 is 10.0 Å². The van der Waals surface area contributed by atoms with Crippen molar-refractivity contribution in [3.63, 3.8) is 0 Å². The van der Waals surface area contributed by atoms with Gasteiger partial charge in [-0.05, 0) is 42.3 Å². The van der Waals surface area contributed by atoms with Gasteiger partial charge >= 0.3 is 0 Å². The van der Waals surface area contributed by atoms with Crippen molar-refractivity contribution in [2.45, 2.75) is 11.3 Å². The Bertz CT molecular complexity index is 730. The zero-order chi connectivity index (χ0) is 15.5. The van der Waals surface area contributed by atoms with E-state index in [1.54, 1.807) is 12.1 Å². The lowest BCUT2D eigenvalue weighted by Gasteiger charge is -2.09. The van der Waals surface area contributed by atoms with E-state index in [9.17, 15) is 8.42 Å². The molecule has 21 heavy (non-hydrogen) atoms. The molecule has 0 aliphatic carbocycles. The van der Waals surface area contributed by atoms with E-state index in [1.165, 1.54) is 18.2 Å².